The van der Waals surface area contributed by atoms with E-state index in [0.717, 1.165) is 49.7 Å². The number of nitrogens with one attached hydrogen (secondary N) is 1. The molecule has 5 heteroatoms. The highest BCUT2D eigenvalue weighted by atomic mass is 16.6. The van der Waals surface area contributed by atoms with Crippen molar-refractivity contribution in [1.29, 1.82) is 0 Å². The Morgan fingerprint density at radius 1 is 1.00 bits per heavy atom. The average molecular weight is 380 g/mol. The first-order valence-electron chi connectivity index (χ1n) is 10.2. The van der Waals surface area contributed by atoms with Crippen LogP contribution in [0.4, 0.5) is 0 Å². The van der Waals surface area contributed by atoms with Crippen molar-refractivity contribution in [3.05, 3.63) is 60.2 Å². The Morgan fingerprint density at radius 3 is 2.50 bits per heavy atom. The maximum atomic E-state index is 12.1. The molecule has 4 rings (SSSR count). The zero-order chi connectivity index (χ0) is 19.2. The fourth-order valence-electron chi connectivity index (χ4n) is 3.98. The lowest BCUT2D eigenvalue weighted by molar-refractivity contribution is 0.0472. The van der Waals surface area contributed by atoms with Gasteiger partial charge in [-0.05, 0) is 62.5 Å². The van der Waals surface area contributed by atoms with Gasteiger partial charge in [-0.25, -0.2) is 0 Å². The summed E-state index contributed by atoms with van der Waals surface area (Å²) < 4.78 is 11.9. The van der Waals surface area contributed by atoms with Crippen LogP contribution in [0.1, 0.15) is 29.6 Å². The number of benzene rings is 2. The van der Waals surface area contributed by atoms with Gasteiger partial charge < -0.3 is 14.8 Å². The van der Waals surface area contributed by atoms with Crippen LogP contribution < -0.4 is 14.8 Å². The second-order valence-electron chi connectivity index (χ2n) is 7.65. The van der Waals surface area contributed by atoms with Crippen molar-refractivity contribution < 1.29 is 14.3 Å². The van der Waals surface area contributed by atoms with Crippen LogP contribution in [0.15, 0.2) is 54.6 Å². The molecule has 1 atom stereocenters. The predicted molar refractivity (Wildman–Crippen MR) is 109 cm³/mol. The third-order valence-electron chi connectivity index (χ3n) is 5.61. The minimum Gasteiger partial charge on any atom is -0.486 e. The Bertz CT molecular complexity index is 772. The number of nitrogens with zero attached hydrogens (tertiary/aromatic N) is 1. The minimum absolute atomic E-state index is 0.0211. The molecule has 148 valence electrons. The third-order valence-corrected chi connectivity index (χ3v) is 5.61. The van der Waals surface area contributed by atoms with Crippen LogP contribution in [0.5, 0.6) is 11.5 Å². The van der Waals surface area contributed by atoms with Crippen LogP contribution in [0.2, 0.25) is 0 Å². The SMILES string of the molecule is O=C(NCCC1CCN(CC2COc3ccccc3O2)CC1)c1ccccc1. The second-order valence-corrected chi connectivity index (χ2v) is 7.65. The van der Waals surface area contributed by atoms with Crippen LogP contribution in [-0.4, -0.2) is 49.7 Å². The van der Waals surface area contributed by atoms with Gasteiger partial charge in [-0.1, -0.05) is 30.3 Å². The first-order valence-corrected chi connectivity index (χ1v) is 10.2. The summed E-state index contributed by atoms with van der Waals surface area (Å²) in [6.07, 6.45) is 3.48. The molecule has 2 aliphatic heterocycles. The van der Waals surface area contributed by atoms with E-state index >= 15 is 0 Å². The van der Waals surface area contributed by atoms with E-state index in [9.17, 15) is 4.79 Å². The molecule has 2 heterocycles. The maximum Gasteiger partial charge on any atom is 0.251 e. The lowest BCUT2D eigenvalue weighted by atomic mass is 9.93. The molecular formula is C23H28N2O3. The van der Waals surface area contributed by atoms with Gasteiger partial charge in [-0.2, -0.15) is 0 Å². The molecule has 1 N–H and O–H groups in total. The van der Waals surface area contributed by atoms with Crippen molar-refractivity contribution in [2.45, 2.75) is 25.4 Å². The number of ether oxygens (including phenoxy) is 2. The monoisotopic (exact) mass is 380 g/mol. The molecule has 5 nitrogen and oxygen atoms in total. The van der Waals surface area contributed by atoms with Crippen molar-refractivity contribution in [2.24, 2.45) is 5.92 Å². The minimum atomic E-state index is 0.0211. The van der Waals surface area contributed by atoms with Gasteiger partial charge in [0.1, 0.15) is 12.7 Å². The van der Waals surface area contributed by atoms with E-state index in [1.54, 1.807) is 0 Å². The molecule has 0 saturated carbocycles. The number of hydrogen-bond donors (Lipinski definition) is 1. The fourth-order valence-corrected chi connectivity index (χ4v) is 3.98. The number of rotatable bonds is 6. The summed E-state index contributed by atoms with van der Waals surface area (Å²) in [5, 5.41) is 3.04. The fraction of sp³-hybridized carbons (Fsp3) is 0.435. The van der Waals surface area contributed by atoms with Gasteiger partial charge in [0.2, 0.25) is 0 Å². The van der Waals surface area contributed by atoms with Gasteiger partial charge in [-0.3, -0.25) is 9.69 Å². The summed E-state index contributed by atoms with van der Waals surface area (Å²) in [5.41, 5.74) is 0.730. The predicted octanol–water partition coefficient (Wildman–Crippen LogP) is 3.36. The van der Waals surface area contributed by atoms with Crippen molar-refractivity contribution in [2.75, 3.05) is 32.8 Å². The first-order chi connectivity index (χ1) is 13.8. The standard InChI is InChI=1S/C23H28N2O3/c26-23(19-6-2-1-3-7-19)24-13-10-18-11-14-25(15-12-18)16-20-17-27-21-8-4-5-9-22(21)28-20/h1-9,18,20H,10-17H2,(H,24,26). The Morgan fingerprint density at radius 2 is 1.71 bits per heavy atom. The Hall–Kier alpha value is -2.53. The van der Waals surface area contributed by atoms with E-state index in [2.05, 4.69) is 10.2 Å². The number of amides is 1. The lowest BCUT2D eigenvalue weighted by Gasteiger charge is -2.35. The number of fused-ring (bicyclic) bond motifs is 1. The summed E-state index contributed by atoms with van der Waals surface area (Å²) >= 11 is 0. The normalized spacial score (nSPS) is 19.9. The zero-order valence-electron chi connectivity index (χ0n) is 16.2. The molecule has 0 bridgehead atoms. The molecule has 2 aromatic rings. The van der Waals surface area contributed by atoms with E-state index in [1.165, 1.54) is 12.8 Å². The van der Waals surface area contributed by atoms with Crippen molar-refractivity contribution in [3.8, 4) is 11.5 Å². The van der Waals surface area contributed by atoms with Crippen molar-refractivity contribution >= 4 is 5.91 Å². The molecule has 0 spiro atoms. The van der Waals surface area contributed by atoms with E-state index in [1.807, 2.05) is 54.6 Å². The average Bonchev–Trinajstić information content (AvgIpc) is 2.75. The molecule has 1 fully saturated rings. The molecule has 2 aromatic carbocycles. The van der Waals surface area contributed by atoms with Crippen molar-refractivity contribution in [1.82, 2.24) is 10.2 Å². The summed E-state index contributed by atoms with van der Waals surface area (Å²) in [6, 6.07) is 17.3. The van der Waals surface area contributed by atoms with Crippen LogP contribution in [0.3, 0.4) is 0 Å². The van der Waals surface area contributed by atoms with Gasteiger partial charge in [0, 0.05) is 18.7 Å². The molecule has 0 aliphatic carbocycles. The van der Waals surface area contributed by atoms with Crippen LogP contribution >= 0.6 is 0 Å². The van der Waals surface area contributed by atoms with Crippen LogP contribution in [0.25, 0.3) is 0 Å². The molecular weight excluding hydrogens is 352 g/mol. The Kier molecular flexibility index (Phi) is 6.12. The Labute approximate surface area is 166 Å². The Balaban J connectivity index is 1.15. The van der Waals surface area contributed by atoms with E-state index < -0.39 is 0 Å². The number of likely N-dealkylation sites (tertiary alicyclic amines) is 1. The highest BCUT2D eigenvalue weighted by Crippen LogP contribution is 2.31. The number of piperidine rings is 1. The molecule has 0 aromatic heterocycles. The molecule has 2 aliphatic rings. The van der Waals surface area contributed by atoms with Crippen LogP contribution in [-0.2, 0) is 0 Å². The summed E-state index contributed by atoms with van der Waals surface area (Å²) in [6.45, 7) is 4.43. The molecule has 0 radical (unpaired) electrons. The topological polar surface area (TPSA) is 50.8 Å². The number of hydrogen-bond acceptors (Lipinski definition) is 4. The van der Waals surface area contributed by atoms with Gasteiger partial charge in [0.25, 0.3) is 5.91 Å². The third kappa shape index (κ3) is 4.84. The highest BCUT2D eigenvalue weighted by molar-refractivity contribution is 5.94. The molecule has 28 heavy (non-hydrogen) atoms. The van der Waals surface area contributed by atoms with Gasteiger partial charge >= 0.3 is 0 Å². The van der Waals surface area contributed by atoms with E-state index in [4.69, 9.17) is 9.47 Å². The molecule has 1 amide bonds. The number of carbonyl (C=O) groups is 1. The van der Waals surface area contributed by atoms with E-state index in [0.29, 0.717) is 12.5 Å². The maximum absolute atomic E-state index is 12.1. The number of carbonyl (C=O) groups excluding carboxylic acids is 1. The van der Waals surface area contributed by atoms with E-state index in [-0.39, 0.29) is 12.0 Å². The number of para-hydroxylation sites is 2. The summed E-state index contributed by atoms with van der Waals surface area (Å²) in [5.74, 6) is 2.39. The van der Waals surface area contributed by atoms with Crippen molar-refractivity contribution in [3.63, 3.8) is 0 Å². The molecule has 1 saturated heterocycles. The summed E-state index contributed by atoms with van der Waals surface area (Å²) in [4.78, 5) is 14.6. The smallest absolute Gasteiger partial charge is 0.251 e. The van der Waals surface area contributed by atoms with Gasteiger partial charge in [-0.15, -0.1) is 0 Å². The second kappa shape index (κ2) is 9.11. The zero-order valence-corrected chi connectivity index (χ0v) is 16.2. The lowest BCUT2D eigenvalue weighted by Crippen LogP contribution is -2.44. The highest BCUT2D eigenvalue weighted by Gasteiger charge is 2.26. The largest absolute Gasteiger partial charge is 0.486 e. The van der Waals surface area contributed by atoms with Gasteiger partial charge in [0.15, 0.2) is 11.5 Å². The van der Waals surface area contributed by atoms with Gasteiger partial charge in [0.05, 0.1) is 0 Å². The summed E-state index contributed by atoms with van der Waals surface area (Å²) in [7, 11) is 0. The first kappa shape index (κ1) is 18.8. The van der Waals surface area contributed by atoms with Crippen LogP contribution in [0, 0.1) is 5.92 Å². The molecule has 1 unspecified atom stereocenters. The quantitative estimate of drug-likeness (QED) is 0.835.